The molecule has 0 aromatic heterocycles. The van der Waals surface area contributed by atoms with Crippen LogP contribution in [0, 0.1) is 13.8 Å². The van der Waals surface area contributed by atoms with E-state index in [4.69, 9.17) is 9.84 Å². The van der Waals surface area contributed by atoms with E-state index in [-0.39, 0.29) is 29.7 Å². The van der Waals surface area contributed by atoms with E-state index in [1.54, 1.807) is 36.4 Å². The Morgan fingerprint density at radius 2 is 1.39 bits per heavy atom. The lowest BCUT2D eigenvalue weighted by molar-refractivity contribution is 0.201. The number of hydrogen-bond donors (Lipinski definition) is 4. The molecule has 12 heteroatoms. The number of phenolic OH excluding ortho intramolecular Hbond substituents is 2. The maximum Gasteiger partial charge on any atom is 0.294 e. The van der Waals surface area contributed by atoms with Crippen molar-refractivity contribution in [3.05, 3.63) is 71.8 Å². The molecular formula is C26H24N4O7S. The molecule has 0 aliphatic heterocycles. The molecule has 0 amide bonds. The normalized spacial score (nSPS) is 12.1. The first kappa shape index (κ1) is 26.7. The van der Waals surface area contributed by atoms with Crippen molar-refractivity contribution in [2.75, 3.05) is 13.2 Å². The maximum absolute atomic E-state index is 11.4. The summed E-state index contributed by atoms with van der Waals surface area (Å²) in [5, 5.41) is 46.8. The van der Waals surface area contributed by atoms with Crippen LogP contribution in [0.1, 0.15) is 11.1 Å². The Hall–Kier alpha value is -4.39. The minimum Gasteiger partial charge on any atom is -0.507 e. The molecule has 4 N–H and O–H groups in total. The molecule has 11 nitrogen and oxygen atoms in total. The van der Waals surface area contributed by atoms with Crippen LogP contribution in [-0.2, 0) is 10.1 Å². The smallest absolute Gasteiger partial charge is 0.294 e. The third kappa shape index (κ3) is 5.94. The Labute approximate surface area is 218 Å². The second kappa shape index (κ2) is 10.9. The number of phenols is 2. The van der Waals surface area contributed by atoms with Crippen LogP contribution < -0.4 is 4.74 Å². The first-order chi connectivity index (χ1) is 18.1. The van der Waals surface area contributed by atoms with Gasteiger partial charge < -0.3 is 20.1 Å². The van der Waals surface area contributed by atoms with Crippen molar-refractivity contribution in [3.8, 4) is 17.2 Å². The summed E-state index contributed by atoms with van der Waals surface area (Å²) in [5.74, 6) is -0.299. The van der Waals surface area contributed by atoms with Gasteiger partial charge in [-0.1, -0.05) is 6.07 Å². The second-order valence-electron chi connectivity index (χ2n) is 8.34. The molecule has 196 valence electrons. The zero-order chi connectivity index (χ0) is 27.4. The predicted molar refractivity (Wildman–Crippen MR) is 140 cm³/mol. The summed E-state index contributed by atoms with van der Waals surface area (Å²) in [6.45, 7) is 3.81. The lowest BCUT2D eigenvalue weighted by Gasteiger charge is -2.08. The second-order valence-corrected chi connectivity index (χ2v) is 9.76. The van der Waals surface area contributed by atoms with Crippen LogP contribution in [0.25, 0.3) is 10.8 Å². The highest BCUT2D eigenvalue weighted by atomic mass is 32.2. The SMILES string of the molecule is Cc1cc(N=Nc2ccc3cc(S(=O)(=O)O)cc(O)c3c2O)c(C)cc1N=Nc1ccc(OCCO)cc1. The molecule has 0 bridgehead atoms. The Balaban J connectivity index is 1.57. The molecule has 0 atom stereocenters. The highest BCUT2D eigenvalue weighted by Crippen LogP contribution is 2.42. The van der Waals surface area contributed by atoms with E-state index in [1.165, 1.54) is 12.1 Å². The van der Waals surface area contributed by atoms with Gasteiger partial charge in [0, 0.05) is 6.07 Å². The number of aliphatic hydroxyl groups excluding tert-OH is 1. The van der Waals surface area contributed by atoms with Gasteiger partial charge in [0.2, 0.25) is 0 Å². The average molecular weight is 537 g/mol. The third-order valence-electron chi connectivity index (χ3n) is 5.57. The minimum atomic E-state index is -4.53. The number of aromatic hydroxyl groups is 2. The maximum atomic E-state index is 11.4. The van der Waals surface area contributed by atoms with Gasteiger partial charge in [-0.25, -0.2) is 0 Å². The van der Waals surface area contributed by atoms with Gasteiger partial charge in [0.05, 0.1) is 34.0 Å². The van der Waals surface area contributed by atoms with E-state index in [2.05, 4.69) is 20.5 Å². The zero-order valence-corrected chi connectivity index (χ0v) is 21.2. The number of benzene rings is 4. The lowest BCUT2D eigenvalue weighted by Crippen LogP contribution is -2.00. The van der Waals surface area contributed by atoms with Crippen molar-refractivity contribution in [3.63, 3.8) is 0 Å². The summed E-state index contributed by atoms with van der Waals surface area (Å²) < 4.78 is 37.4. The Morgan fingerprint density at radius 3 is 2.00 bits per heavy atom. The van der Waals surface area contributed by atoms with Crippen LogP contribution in [-0.4, -0.2) is 41.5 Å². The number of nitrogens with zero attached hydrogens (tertiary/aromatic N) is 4. The number of hydrogen-bond acceptors (Lipinski definition) is 10. The lowest BCUT2D eigenvalue weighted by atomic mass is 10.1. The molecule has 0 radical (unpaired) electrons. The van der Waals surface area contributed by atoms with Crippen LogP contribution in [0.5, 0.6) is 17.2 Å². The number of fused-ring (bicyclic) bond motifs is 1. The summed E-state index contributed by atoms with van der Waals surface area (Å²) in [7, 11) is -4.53. The molecule has 4 aromatic carbocycles. The Morgan fingerprint density at radius 1 is 0.789 bits per heavy atom. The minimum absolute atomic E-state index is 0.0227. The molecule has 0 spiro atoms. The molecule has 0 aliphatic carbocycles. The van der Waals surface area contributed by atoms with E-state index >= 15 is 0 Å². The van der Waals surface area contributed by atoms with Gasteiger partial charge in [-0.3, -0.25) is 4.55 Å². The fourth-order valence-electron chi connectivity index (χ4n) is 3.61. The van der Waals surface area contributed by atoms with Crippen LogP contribution in [0.15, 0.2) is 86.0 Å². The highest BCUT2D eigenvalue weighted by Gasteiger charge is 2.17. The van der Waals surface area contributed by atoms with Gasteiger partial charge in [0.25, 0.3) is 10.1 Å². The van der Waals surface area contributed by atoms with Gasteiger partial charge in [-0.15, -0.1) is 5.11 Å². The van der Waals surface area contributed by atoms with Crippen molar-refractivity contribution in [2.24, 2.45) is 20.5 Å². The first-order valence-corrected chi connectivity index (χ1v) is 12.8. The Kier molecular flexibility index (Phi) is 7.67. The van der Waals surface area contributed by atoms with Crippen molar-refractivity contribution >= 4 is 43.6 Å². The average Bonchev–Trinajstić information content (AvgIpc) is 2.87. The molecule has 0 fully saturated rings. The van der Waals surface area contributed by atoms with E-state index < -0.39 is 26.5 Å². The summed E-state index contributed by atoms with van der Waals surface area (Å²) in [6.07, 6.45) is 0. The fraction of sp³-hybridized carbons (Fsp3) is 0.154. The topological polar surface area (TPSA) is 174 Å². The van der Waals surface area contributed by atoms with E-state index in [9.17, 15) is 23.2 Å². The number of rotatable bonds is 8. The molecule has 0 saturated heterocycles. The molecule has 0 saturated carbocycles. The standard InChI is InChI=1S/C26H24N4O7S/c1-15-12-23(16(2)11-22(15)29-27-18-4-6-19(7-5-18)37-10-9-31)30-28-21-8-3-17-13-20(38(34,35)36)14-24(32)25(17)26(21)33/h3-8,11-14,31-33H,9-10H2,1-2H3,(H,34,35,36). The van der Waals surface area contributed by atoms with Crippen LogP contribution in [0.4, 0.5) is 22.7 Å². The number of aliphatic hydroxyl groups is 1. The van der Waals surface area contributed by atoms with Crippen molar-refractivity contribution in [2.45, 2.75) is 18.7 Å². The van der Waals surface area contributed by atoms with Crippen LogP contribution in [0.2, 0.25) is 0 Å². The Bertz CT molecular complexity index is 1670. The van der Waals surface area contributed by atoms with E-state index in [1.807, 2.05) is 13.8 Å². The summed E-state index contributed by atoms with van der Waals surface area (Å²) >= 11 is 0. The molecule has 4 aromatic rings. The van der Waals surface area contributed by atoms with Gasteiger partial charge in [-0.2, -0.15) is 23.8 Å². The van der Waals surface area contributed by atoms with Gasteiger partial charge >= 0.3 is 0 Å². The van der Waals surface area contributed by atoms with Gasteiger partial charge in [0.1, 0.15) is 23.8 Å². The molecule has 0 heterocycles. The quantitative estimate of drug-likeness (QED) is 0.151. The summed E-state index contributed by atoms with van der Waals surface area (Å²) in [4.78, 5) is -0.497. The molecule has 0 aliphatic rings. The van der Waals surface area contributed by atoms with Gasteiger partial charge in [-0.05, 0) is 78.9 Å². The largest absolute Gasteiger partial charge is 0.507 e. The van der Waals surface area contributed by atoms with E-state index in [0.29, 0.717) is 22.8 Å². The molecule has 4 rings (SSSR count). The van der Waals surface area contributed by atoms with Crippen molar-refractivity contribution < 1.29 is 33.0 Å². The third-order valence-corrected chi connectivity index (χ3v) is 6.40. The molecular weight excluding hydrogens is 512 g/mol. The van der Waals surface area contributed by atoms with Crippen LogP contribution >= 0.6 is 0 Å². The summed E-state index contributed by atoms with van der Waals surface area (Å²) in [5.41, 5.74) is 3.38. The zero-order valence-electron chi connectivity index (χ0n) is 20.4. The molecule has 0 unspecified atom stereocenters. The number of ether oxygens (including phenoxy) is 1. The van der Waals surface area contributed by atoms with E-state index in [0.717, 1.165) is 23.3 Å². The summed E-state index contributed by atoms with van der Waals surface area (Å²) in [6, 6.07) is 15.4. The highest BCUT2D eigenvalue weighted by molar-refractivity contribution is 7.85. The molecule has 38 heavy (non-hydrogen) atoms. The predicted octanol–water partition coefficient (Wildman–Crippen LogP) is 6.32. The van der Waals surface area contributed by atoms with Crippen molar-refractivity contribution in [1.82, 2.24) is 0 Å². The van der Waals surface area contributed by atoms with Gasteiger partial charge in [0.15, 0.2) is 5.75 Å². The first-order valence-electron chi connectivity index (χ1n) is 11.3. The number of azo groups is 2. The van der Waals surface area contributed by atoms with Crippen molar-refractivity contribution in [1.29, 1.82) is 0 Å². The fourth-order valence-corrected chi connectivity index (χ4v) is 4.15. The monoisotopic (exact) mass is 536 g/mol. The number of aryl methyl sites for hydroxylation is 2. The van der Waals surface area contributed by atoms with Crippen LogP contribution in [0.3, 0.4) is 0 Å².